The third-order valence-electron chi connectivity index (χ3n) is 2.91. The van der Waals surface area contributed by atoms with Crippen LogP contribution in [0.4, 0.5) is 0 Å². The van der Waals surface area contributed by atoms with E-state index in [1.807, 2.05) is 26.0 Å². The maximum Gasteiger partial charge on any atom is 0.236 e. The van der Waals surface area contributed by atoms with E-state index in [0.717, 1.165) is 11.1 Å². The summed E-state index contributed by atoms with van der Waals surface area (Å²) in [6.07, 6.45) is 0. The van der Waals surface area contributed by atoms with E-state index >= 15 is 0 Å². The zero-order valence-corrected chi connectivity index (χ0v) is 12.2. The number of nitrogens with one attached hydrogen (secondary N) is 2. The topological polar surface area (TPSA) is 61.4 Å². The number of phenols is 1. The van der Waals surface area contributed by atoms with Crippen molar-refractivity contribution in [1.82, 2.24) is 10.6 Å². The Morgan fingerprint density at radius 3 is 2.63 bits per heavy atom. The summed E-state index contributed by atoms with van der Waals surface area (Å²) in [5.74, 6) is 0.686. The SMILES string of the molecule is Cc1ccc(O)c(CNC(C)C(=O)NCC(C)C)c1. The first-order chi connectivity index (χ1) is 8.90. The van der Waals surface area contributed by atoms with E-state index in [2.05, 4.69) is 24.5 Å². The van der Waals surface area contributed by atoms with Crippen molar-refractivity contribution in [2.45, 2.75) is 40.3 Å². The Morgan fingerprint density at radius 1 is 1.32 bits per heavy atom. The number of aromatic hydroxyl groups is 1. The molecular weight excluding hydrogens is 240 g/mol. The van der Waals surface area contributed by atoms with E-state index in [4.69, 9.17) is 0 Å². The van der Waals surface area contributed by atoms with Crippen LogP contribution in [0.2, 0.25) is 0 Å². The average molecular weight is 264 g/mol. The quantitative estimate of drug-likeness (QED) is 0.736. The van der Waals surface area contributed by atoms with Crippen molar-refractivity contribution < 1.29 is 9.90 Å². The standard InChI is InChI=1S/C15H24N2O2/c1-10(2)8-17-15(19)12(4)16-9-13-7-11(3)5-6-14(13)18/h5-7,10,12,16,18H,8-9H2,1-4H3,(H,17,19). The molecule has 1 aromatic rings. The Hall–Kier alpha value is -1.55. The highest BCUT2D eigenvalue weighted by Crippen LogP contribution is 2.17. The van der Waals surface area contributed by atoms with E-state index in [1.165, 1.54) is 0 Å². The van der Waals surface area contributed by atoms with Crippen molar-refractivity contribution in [3.8, 4) is 5.75 Å². The summed E-state index contributed by atoms with van der Waals surface area (Å²) in [6.45, 7) is 9.07. The molecule has 1 amide bonds. The van der Waals surface area contributed by atoms with Gasteiger partial charge in [-0.2, -0.15) is 0 Å². The molecule has 0 radical (unpaired) electrons. The van der Waals surface area contributed by atoms with Gasteiger partial charge in [-0.15, -0.1) is 0 Å². The van der Waals surface area contributed by atoms with Crippen molar-refractivity contribution in [3.05, 3.63) is 29.3 Å². The summed E-state index contributed by atoms with van der Waals surface area (Å²) in [5.41, 5.74) is 1.90. The average Bonchev–Trinajstić information content (AvgIpc) is 2.36. The van der Waals surface area contributed by atoms with Gasteiger partial charge in [-0.1, -0.05) is 31.5 Å². The van der Waals surface area contributed by atoms with Gasteiger partial charge in [0.25, 0.3) is 0 Å². The van der Waals surface area contributed by atoms with Gasteiger partial charge in [-0.05, 0) is 25.8 Å². The van der Waals surface area contributed by atoms with Crippen LogP contribution in [0.25, 0.3) is 0 Å². The van der Waals surface area contributed by atoms with Crippen LogP contribution in [0.5, 0.6) is 5.75 Å². The van der Waals surface area contributed by atoms with E-state index < -0.39 is 0 Å². The molecule has 0 aliphatic rings. The van der Waals surface area contributed by atoms with Gasteiger partial charge in [0, 0.05) is 18.7 Å². The summed E-state index contributed by atoms with van der Waals surface area (Å²) < 4.78 is 0. The minimum absolute atomic E-state index is 0.0131. The van der Waals surface area contributed by atoms with Gasteiger partial charge in [-0.25, -0.2) is 0 Å². The molecule has 106 valence electrons. The van der Waals surface area contributed by atoms with E-state index in [-0.39, 0.29) is 17.7 Å². The van der Waals surface area contributed by atoms with Crippen molar-refractivity contribution in [2.75, 3.05) is 6.54 Å². The molecule has 0 bridgehead atoms. The second-order valence-electron chi connectivity index (χ2n) is 5.37. The van der Waals surface area contributed by atoms with Crippen LogP contribution in [0, 0.1) is 12.8 Å². The lowest BCUT2D eigenvalue weighted by atomic mass is 10.1. The fourth-order valence-corrected chi connectivity index (χ4v) is 1.67. The summed E-state index contributed by atoms with van der Waals surface area (Å²) >= 11 is 0. The lowest BCUT2D eigenvalue weighted by Crippen LogP contribution is -2.42. The van der Waals surface area contributed by atoms with Crippen LogP contribution < -0.4 is 10.6 Å². The summed E-state index contributed by atoms with van der Waals surface area (Å²) in [5, 5.41) is 15.7. The fraction of sp³-hybridized carbons (Fsp3) is 0.533. The summed E-state index contributed by atoms with van der Waals surface area (Å²) in [6, 6.07) is 5.17. The highest BCUT2D eigenvalue weighted by molar-refractivity contribution is 5.81. The van der Waals surface area contributed by atoms with E-state index in [9.17, 15) is 9.90 Å². The molecule has 0 fully saturated rings. The molecule has 0 saturated carbocycles. The molecule has 0 saturated heterocycles. The molecule has 1 atom stereocenters. The van der Waals surface area contributed by atoms with Crippen LogP contribution in [-0.2, 0) is 11.3 Å². The Balaban J connectivity index is 2.47. The normalized spacial score (nSPS) is 12.5. The molecule has 4 nitrogen and oxygen atoms in total. The van der Waals surface area contributed by atoms with Gasteiger partial charge < -0.3 is 15.7 Å². The second kappa shape index (κ2) is 7.14. The molecule has 0 aliphatic heterocycles. The minimum atomic E-state index is -0.279. The largest absolute Gasteiger partial charge is 0.508 e. The molecule has 3 N–H and O–H groups in total. The Morgan fingerprint density at radius 2 is 2.00 bits per heavy atom. The van der Waals surface area contributed by atoms with Crippen LogP contribution >= 0.6 is 0 Å². The first kappa shape index (κ1) is 15.5. The Labute approximate surface area is 115 Å². The maximum absolute atomic E-state index is 11.8. The molecule has 1 unspecified atom stereocenters. The molecule has 0 aromatic heterocycles. The lowest BCUT2D eigenvalue weighted by molar-refractivity contribution is -0.122. The first-order valence-corrected chi connectivity index (χ1v) is 6.69. The van der Waals surface area contributed by atoms with E-state index in [1.54, 1.807) is 6.07 Å². The molecule has 0 aliphatic carbocycles. The maximum atomic E-state index is 11.8. The van der Waals surface area contributed by atoms with Crippen molar-refractivity contribution in [3.63, 3.8) is 0 Å². The van der Waals surface area contributed by atoms with Crippen molar-refractivity contribution in [2.24, 2.45) is 5.92 Å². The molecule has 4 heteroatoms. The van der Waals surface area contributed by atoms with Crippen molar-refractivity contribution >= 4 is 5.91 Å². The number of hydrogen-bond acceptors (Lipinski definition) is 3. The van der Waals surface area contributed by atoms with Crippen LogP contribution in [0.15, 0.2) is 18.2 Å². The number of carbonyl (C=O) groups excluding carboxylic acids is 1. The third kappa shape index (κ3) is 5.30. The number of phenolic OH excluding ortho intramolecular Hbond substituents is 1. The smallest absolute Gasteiger partial charge is 0.236 e. The predicted octanol–water partition coefficient (Wildman–Crippen LogP) is 1.95. The van der Waals surface area contributed by atoms with E-state index in [0.29, 0.717) is 19.0 Å². The second-order valence-corrected chi connectivity index (χ2v) is 5.37. The number of amides is 1. The van der Waals surface area contributed by atoms with Crippen LogP contribution in [-0.4, -0.2) is 23.6 Å². The highest BCUT2D eigenvalue weighted by Gasteiger charge is 2.12. The molecule has 0 heterocycles. The van der Waals surface area contributed by atoms with Crippen molar-refractivity contribution in [1.29, 1.82) is 0 Å². The molecule has 1 rings (SSSR count). The number of benzene rings is 1. The number of rotatable bonds is 6. The van der Waals surface area contributed by atoms with Crippen LogP contribution in [0.3, 0.4) is 0 Å². The molecule has 1 aromatic carbocycles. The van der Waals surface area contributed by atoms with Gasteiger partial charge in [0.1, 0.15) is 5.75 Å². The fourth-order valence-electron chi connectivity index (χ4n) is 1.67. The van der Waals surface area contributed by atoms with Gasteiger partial charge in [0.2, 0.25) is 5.91 Å². The van der Waals surface area contributed by atoms with Gasteiger partial charge in [0.05, 0.1) is 6.04 Å². The molecule has 0 spiro atoms. The Kier molecular flexibility index (Phi) is 5.83. The zero-order chi connectivity index (χ0) is 14.4. The summed E-state index contributed by atoms with van der Waals surface area (Å²) in [7, 11) is 0. The van der Waals surface area contributed by atoms with Gasteiger partial charge >= 0.3 is 0 Å². The van der Waals surface area contributed by atoms with Gasteiger partial charge in [0.15, 0.2) is 0 Å². The predicted molar refractivity (Wildman–Crippen MR) is 77.0 cm³/mol. The Bertz CT molecular complexity index is 430. The van der Waals surface area contributed by atoms with Crippen LogP contribution in [0.1, 0.15) is 31.9 Å². The highest BCUT2D eigenvalue weighted by atomic mass is 16.3. The molecule has 19 heavy (non-hydrogen) atoms. The number of hydrogen-bond donors (Lipinski definition) is 3. The number of aryl methyl sites for hydroxylation is 1. The lowest BCUT2D eigenvalue weighted by Gasteiger charge is -2.15. The first-order valence-electron chi connectivity index (χ1n) is 6.69. The summed E-state index contributed by atoms with van der Waals surface area (Å²) in [4.78, 5) is 11.8. The third-order valence-corrected chi connectivity index (χ3v) is 2.91. The zero-order valence-electron chi connectivity index (χ0n) is 12.2. The number of carbonyl (C=O) groups is 1. The monoisotopic (exact) mass is 264 g/mol. The van der Waals surface area contributed by atoms with Gasteiger partial charge in [-0.3, -0.25) is 4.79 Å². The minimum Gasteiger partial charge on any atom is -0.508 e. The molecular formula is C15H24N2O2.